The van der Waals surface area contributed by atoms with Crippen LogP contribution in [0.25, 0.3) is 0 Å². The zero-order valence-corrected chi connectivity index (χ0v) is 10.2. The third-order valence-electron chi connectivity index (χ3n) is 1.80. The lowest BCUT2D eigenvalue weighted by Gasteiger charge is -2.13. The molecule has 0 heterocycles. The molecular formula is C11H12BrNO2. The van der Waals surface area contributed by atoms with Crippen LogP contribution in [0.15, 0.2) is 22.7 Å². The van der Waals surface area contributed by atoms with E-state index < -0.39 is 0 Å². The molecule has 0 aliphatic rings. The molecule has 0 saturated carbocycles. The number of hydrogen-bond donors (Lipinski definition) is 0. The van der Waals surface area contributed by atoms with Crippen LogP contribution in [-0.4, -0.2) is 19.8 Å². The van der Waals surface area contributed by atoms with E-state index in [-0.39, 0.29) is 6.10 Å². The topological polar surface area (TPSA) is 42.2 Å². The number of benzene rings is 1. The molecule has 0 aliphatic carbocycles. The molecule has 1 unspecified atom stereocenters. The maximum Gasteiger partial charge on any atom is 0.121 e. The normalized spacial score (nSPS) is 11.9. The molecule has 0 bridgehead atoms. The zero-order chi connectivity index (χ0) is 11.3. The second-order valence-corrected chi connectivity index (χ2v) is 3.99. The summed E-state index contributed by atoms with van der Waals surface area (Å²) >= 11 is 3.28. The summed E-state index contributed by atoms with van der Waals surface area (Å²) in [6, 6.07) is 7.40. The maximum atomic E-state index is 8.82. The lowest BCUT2D eigenvalue weighted by atomic mass is 10.2. The van der Waals surface area contributed by atoms with Crippen molar-refractivity contribution in [2.45, 2.75) is 13.0 Å². The van der Waals surface area contributed by atoms with Gasteiger partial charge in [-0.25, -0.2) is 0 Å². The van der Waals surface area contributed by atoms with Crippen LogP contribution >= 0.6 is 15.9 Å². The van der Waals surface area contributed by atoms with E-state index in [0.717, 1.165) is 4.47 Å². The van der Waals surface area contributed by atoms with Crippen molar-refractivity contribution in [1.82, 2.24) is 0 Å². The number of hydrogen-bond acceptors (Lipinski definition) is 3. The van der Waals surface area contributed by atoms with Gasteiger partial charge >= 0.3 is 0 Å². The van der Waals surface area contributed by atoms with Crippen molar-refractivity contribution in [3.63, 3.8) is 0 Å². The predicted molar refractivity (Wildman–Crippen MR) is 60.8 cm³/mol. The van der Waals surface area contributed by atoms with Gasteiger partial charge < -0.3 is 9.47 Å². The van der Waals surface area contributed by atoms with Gasteiger partial charge in [-0.05, 0) is 41.1 Å². The van der Waals surface area contributed by atoms with Gasteiger partial charge in [-0.3, -0.25) is 0 Å². The van der Waals surface area contributed by atoms with Crippen LogP contribution in [0.3, 0.4) is 0 Å². The molecule has 1 aromatic carbocycles. The third-order valence-corrected chi connectivity index (χ3v) is 2.49. The van der Waals surface area contributed by atoms with Crippen molar-refractivity contribution in [3.05, 3.63) is 28.2 Å². The predicted octanol–water partition coefficient (Wildman–Crippen LogP) is 2.73. The molecule has 0 N–H and O–H groups in total. The van der Waals surface area contributed by atoms with Crippen molar-refractivity contribution in [1.29, 1.82) is 5.26 Å². The minimum atomic E-state index is -0.0253. The fourth-order valence-corrected chi connectivity index (χ4v) is 1.50. The zero-order valence-electron chi connectivity index (χ0n) is 8.66. The molecule has 15 heavy (non-hydrogen) atoms. The first kappa shape index (κ1) is 12.0. The molecule has 0 aliphatic heterocycles. The van der Waals surface area contributed by atoms with Gasteiger partial charge in [0.2, 0.25) is 0 Å². The molecule has 0 spiro atoms. The highest BCUT2D eigenvalue weighted by molar-refractivity contribution is 9.10. The summed E-state index contributed by atoms with van der Waals surface area (Å²) in [4.78, 5) is 0. The van der Waals surface area contributed by atoms with Gasteiger partial charge in [-0.2, -0.15) is 5.26 Å². The number of rotatable bonds is 4. The lowest BCUT2D eigenvalue weighted by molar-refractivity contribution is 0.0920. The van der Waals surface area contributed by atoms with E-state index in [1.54, 1.807) is 19.2 Å². The van der Waals surface area contributed by atoms with Crippen LogP contribution in [0, 0.1) is 11.3 Å². The Morgan fingerprint density at radius 2 is 2.27 bits per heavy atom. The van der Waals surface area contributed by atoms with E-state index in [4.69, 9.17) is 14.7 Å². The van der Waals surface area contributed by atoms with Gasteiger partial charge in [-0.1, -0.05) is 0 Å². The first-order valence-electron chi connectivity index (χ1n) is 4.52. The fraction of sp³-hybridized carbons (Fsp3) is 0.364. The molecule has 1 rings (SSSR count). The molecule has 0 saturated heterocycles. The molecule has 3 nitrogen and oxygen atoms in total. The molecule has 80 valence electrons. The summed E-state index contributed by atoms with van der Waals surface area (Å²) in [5.74, 6) is 0.680. The number of methoxy groups -OCH3 is 1. The van der Waals surface area contributed by atoms with E-state index in [9.17, 15) is 0 Å². The first-order chi connectivity index (χ1) is 7.17. The van der Waals surface area contributed by atoms with Gasteiger partial charge in [-0.15, -0.1) is 0 Å². The second kappa shape index (κ2) is 5.74. The first-order valence-corrected chi connectivity index (χ1v) is 5.32. The number of nitriles is 1. The summed E-state index contributed by atoms with van der Waals surface area (Å²) < 4.78 is 11.3. The highest BCUT2D eigenvalue weighted by Crippen LogP contribution is 2.22. The number of nitrogens with zero attached hydrogens (tertiary/aromatic N) is 1. The van der Waals surface area contributed by atoms with Gasteiger partial charge in [0.1, 0.15) is 17.9 Å². The van der Waals surface area contributed by atoms with E-state index in [1.807, 2.05) is 13.0 Å². The van der Waals surface area contributed by atoms with Gasteiger partial charge in [0.15, 0.2) is 0 Å². The van der Waals surface area contributed by atoms with Crippen LogP contribution < -0.4 is 4.74 Å². The summed E-state index contributed by atoms with van der Waals surface area (Å²) in [7, 11) is 1.63. The van der Waals surface area contributed by atoms with E-state index in [2.05, 4.69) is 22.0 Å². The minimum Gasteiger partial charge on any atom is -0.488 e. The molecule has 0 aromatic heterocycles. The van der Waals surface area contributed by atoms with Crippen molar-refractivity contribution < 1.29 is 9.47 Å². The Labute approximate surface area is 97.7 Å². The summed E-state index contributed by atoms with van der Waals surface area (Å²) in [6.45, 7) is 2.44. The summed E-state index contributed by atoms with van der Waals surface area (Å²) in [5.41, 5.74) is 0.567. The average molecular weight is 270 g/mol. The Bertz CT molecular complexity index is 373. The van der Waals surface area contributed by atoms with Crippen LogP contribution in [0.2, 0.25) is 0 Å². The lowest BCUT2D eigenvalue weighted by Crippen LogP contribution is -2.17. The van der Waals surface area contributed by atoms with Crippen LogP contribution in [0.1, 0.15) is 12.5 Å². The summed E-state index contributed by atoms with van der Waals surface area (Å²) in [6.07, 6.45) is -0.0253. The molecule has 1 aromatic rings. The van der Waals surface area contributed by atoms with Gasteiger partial charge in [0.05, 0.1) is 12.2 Å². The Morgan fingerprint density at radius 3 is 2.87 bits per heavy atom. The van der Waals surface area contributed by atoms with Gasteiger partial charge in [0.25, 0.3) is 0 Å². The van der Waals surface area contributed by atoms with E-state index in [1.165, 1.54) is 0 Å². The van der Waals surface area contributed by atoms with Gasteiger partial charge in [0, 0.05) is 11.6 Å². The summed E-state index contributed by atoms with van der Waals surface area (Å²) in [5, 5.41) is 8.82. The Balaban J connectivity index is 2.75. The highest BCUT2D eigenvalue weighted by Gasteiger charge is 2.05. The van der Waals surface area contributed by atoms with E-state index in [0.29, 0.717) is 17.9 Å². The Hall–Kier alpha value is -1.05. The van der Waals surface area contributed by atoms with Crippen molar-refractivity contribution in [2.75, 3.05) is 13.7 Å². The quantitative estimate of drug-likeness (QED) is 0.844. The van der Waals surface area contributed by atoms with Crippen molar-refractivity contribution in [3.8, 4) is 11.8 Å². The van der Waals surface area contributed by atoms with E-state index >= 15 is 0 Å². The Morgan fingerprint density at radius 1 is 1.53 bits per heavy atom. The average Bonchev–Trinajstić information content (AvgIpc) is 2.21. The number of halogens is 1. The van der Waals surface area contributed by atoms with Crippen LogP contribution in [0.5, 0.6) is 5.75 Å². The monoisotopic (exact) mass is 269 g/mol. The van der Waals surface area contributed by atoms with Crippen molar-refractivity contribution >= 4 is 15.9 Å². The van der Waals surface area contributed by atoms with Crippen LogP contribution in [0.4, 0.5) is 0 Å². The SMILES string of the molecule is COCC(C)Oc1ccc(Br)c(C#N)c1. The Kier molecular flexibility index (Phi) is 4.60. The molecule has 4 heteroatoms. The second-order valence-electron chi connectivity index (χ2n) is 3.14. The standard InChI is InChI=1S/C11H12BrNO2/c1-8(7-14-2)15-10-3-4-11(12)9(5-10)6-13/h3-5,8H,7H2,1-2H3. The fourth-order valence-electron chi connectivity index (χ4n) is 1.16. The number of ether oxygens (including phenoxy) is 2. The third kappa shape index (κ3) is 3.54. The largest absolute Gasteiger partial charge is 0.488 e. The maximum absolute atomic E-state index is 8.82. The molecular weight excluding hydrogens is 258 g/mol. The smallest absolute Gasteiger partial charge is 0.121 e. The molecule has 0 fully saturated rings. The van der Waals surface area contributed by atoms with Crippen LogP contribution in [-0.2, 0) is 4.74 Å². The van der Waals surface area contributed by atoms with Crippen molar-refractivity contribution in [2.24, 2.45) is 0 Å². The molecule has 0 radical (unpaired) electrons. The molecule has 1 atom stereocenters. The minimum absolute atomic E-state index is 0.0253. The molecule has 0 amide bonds. The highest BCUT2D eigenvalue weighted by atomic mass is 79.9.